The Balaban J connectivity index is 1.75. The highest BCUT2D eigenvalue weighted by atomic mass is 16.1. The number of unbranched alkanes of at least 4 members (excludes halogenated alkanes) is 3. The highest BCUT2D eigenvalue weighted by molar-refractivity contribution is 6.10. The number of amides is 2. The van der Waals surface area contributed by atoms with Gasteiger partial charge in [0.05, 0.1) is 17.1 Å². The van der Waals surface area contributed by atoms with E-state index in [1.54, 1.807) is 0 Å². The van der Waals surface area contributed by atoms with E-state index in [1.807, 2.05) is 60.5 Å². The Labute approximate surface area is 246 Å². The van der Waals surface area contributed by atoms with Gasteiger partial charge in [0, 0.05) is 30.8 Å². The van der Waals surface area contributed by atoms with Crippen LogP contribution >= 0.6 is 0 Å². The van der Waals surface area contributed by atoms with Crippen molar-refractivity contribution in [2.75, 3.05) is 32.7 Å². The van der Waals surface area contributed by atoms with E-state index in [2.05, 4.69) is 48.4 Å². The Bertz CT molecular complexity index is 1230. The van der Waals surface area contributed by atoms with Gasteiger partial charge >= 0.3 is 0 Å². The number of allylic oxidation sites excluding steroid dienone is 2. The molecule has 2 amide bonds. The van der Waals surface area contributed by atoms with Gasteiger partial charge in [-0.3, -0.25) is 14.6 Å². The fourth-order valence-corrected chi connectivity index (χ4v) is 4.98. The summed E-state index contributed by atoms with van der Waals surface area (Å²) in [7, 11) is 0. The van der Waals surface area contributed by atoms with Gasteiger partial charge in [-0.2, -0.15) is 5.10 Å². The van der Waals surface area contributed by atoms with Crippen molar-refractivity contribution in [3.05, 3.63) is 83.2 Å². The van der Waals surface area contributed by atoms with E-state index in [-0.39, 0.29) is 5.91 Å². The first-order valence-electron chi connectivity index (χ1n) is 15.2. The predicted molar refractivity (Wildman–Crippen MR) is 170 cm³/mol. The summed E-state index contributed by atoms with van der Waals surface area (Å²) in [4.78, 5) is 26.8. The van der Waals surface area contributed by atoms with Gasteiger partial charge in [-0.25, -0.2) is 0 Å². The fourth-order valence-electron chi connectivity index (χ4n) is 4.98. The number of hydrogen-bond donors (Lipinski definition) is 2. The summed E-state index contributed by atoms with van der Waals surface area (Å²) in [5.74, 6) is -0.0536. The lowest BCUT2D eigenvalue weighted by molar-refractivity contribution is -0.108. The third-order valence-corrected chi connectivity index (χ3v) is 7.15. The zero-order valence-electron chi connectivity index (χ0n) is 25.3. The number of likely N-dealkylation sites (N-methyl/N-ethyl adjacent to an activating group) is 1. The van der Waals surface area contributed by atoms with Crippen molar-refractivity contribution >= 4 is 18.0 Å². The van der Waals surface area contributed by atoms with Crippen molar-refractivity contribution < 1.29 is 9.59 Å². The second kappa shape index (κ2) is 17.2. The molecule has 2 aromatic rings. The molecule has 0 atom stereocenters. The van der Waals surface area contributed by atoms with Gasteiger partial charge in [-0.05, 0) is 74.7 Å². The summed E-state index contributed by atoms with van der Waals surface area (Å²) in [5.41, 5.74) is 5.99. The molecule has 0 saturated carbocycles. The minimum Gasteiger partial charge on any atom is -0.351 e. The topological polar surface area (TPSA) is 77.0 Å². The van der Waals surface area contributed by atoms with E-state index in [4.69, 9.17) is 5.10 Å². The maximum absolute atomic E-state index is 13.0. The van der Waals surface area contributed by atoms with Crippen molar-refractivity contribution in [3.8, 4) is 11.1 Å². The van der Waals surface area contributed by atoms with Gasteiger partial charge < -0.3 is 15.5 Å². The number of carbonyl (C=O) groups excluding carboxylic acids is 2. The third-order valence-electron chi connectivity index (χ3n) is 7.15. The van der Waals surface area contributed by atoms with Crippen molar-refractivity contribution in [3.63, 3.8) is 0 Å². The SMILES string of the molecule is CCCC=C1C(NC=O)=CC(c2cccc(-c3cccc(C(=O)NCCN(CCC)CCCCC)c3)c2)=NN1CC. The van der Waals surface area contributed by atoms with Gasteiger partial charge in [-0.15, -0.1) is 0 Å². The monoisotopic (exact) mass is 557 g/mol. The first-order valence-corrected chi connectivity index (χ1v) is 15.2. The first-order chi connectivity index (χ1) is 20.0. The Kier molecular flexibility index (Phi) is 13.3. The van der Waals surface area contributed by atoms with E-state index in [9.17, 15) is 9.59 Å². The molecule has 3 rings (SSSR count). The zero-order chi connectivity index (χ0) is 29.5. The molecule has 0 saturated heterocycles. The van der Waals surface area contributed by atoms with Gasteiger partial charge in [0.1, 0.15) is 0 Å². The van der Waals surface area contributed by atoms with Crippen LogP contribution in [0.15, 0.2) is 77.2 Å². The van der Waals surface area contributed by atoms with Crippen molar-refractivity contribution in [2.24, 2.45) is 5.10 Å². The van der Waals surface area contributed by atoms with Crippen LogP contribution in [0.5, 0.6) is 0 Å². The molecule has 0 aliphatic carbocycles. The Morgan fingerprint density at radius 1 is 0.902 bits per heavy atom. The highest BCUT2D eigenvalue weighted by Crippen LogP contribution is 2.26. The van der Waals surface area contributed by atoms with E-state index in [0.29, 0.717) is 25.1 Å². The van der Waals surface area contributed by atoms with Crippen LogP contribution in [-0.2, 0) is 4.79 Å². The number of rotatable bonds is 17. The maximum Gasteiger partial charge on any atom is 0.251 e. The molecule has 0 unspecified atom stereocenters. The zero-order valence-corrected chi connectivity index (χ0v) is 25.3. The summed E-state index contributed by atoms with van der Waals surface area (Å²) < 4.78 is 0. The fraction of sp³-hybridized carbons (Fsp3) is 0.441. The average molecular weight is 558 g/mol. The molecule has 2 N–H and O–H groups in total. The minimum atomic E-state index is -0.0536. The molecule has 0 bridgehead atoms. The lowest BCUT2D eigenvalue weighted by Crippen LogP contribution is -2.36. The summed E-state index contributed by atoms with van der Waals surface area (Å²) in [6, 6.07) is 15.9. The standard InChI is InChI=1S/C34H47N5O2/c1-5-9-11-21-38(20-7-3)22-19-35-34(41)30-17-13-15-28(24-30)27-14-12-16-29(23-27)31-25-32(36-26-40)33(18-10-6-2)39(8-4)37-31/h12-18,23-26H,5-11,19-22H2,1-4H3,(H,35,41)(H,36,40). The van der Waals surface area contributed by atoms with Gasteiger partial charge in [0.25, 0.3) is 5.91 Å². The van der Waals surface area contributed by atoms with E-state index in [0.717, 1.165) is 72.7 Å². The molecule has 220 valence electrons. The minimum absolute atomic E-state index is 0.0536. The lowest BCUT2D eigenvalue weighted by Gasteiger charge is -2.27. The smallest absolute Gasteiger partial charge is 0.251 e. The van der Waals surface area contributed by atoms with Crippen LogP contribution in [-0.4, -0.2) is 60.7 Å². The molecule has 0 fully saturated rings. The molecule has 1 aliphatic heterocycles. The summed E-state index contributed by atoms with van der Waals surface area (Å²) in [6.07, 6.45) is 11.5. The van der Waals surface area contributed by atoms with Gasteiger partial charge in [-0.1, -0.05) is 76.4 Å². The number of nitrogens with one attached hydrogen (secondary N) is 2. The molecule has 2 aromatic carbocycles. The molecular weight excluding hydrogens is 510 g/mol. The molecule has 0 radical (unpaired) electrons. The molecule has 7 nitrogen and oxygen atoms in total. The number of nitrogens with zero attached hydrogens (tertiary/aromatic N) is 3. The maximum atomic E-state index is 13.0. The second-order valence-electron chi connectivity index (χ2n) is 10.4. The van der Waals surface area contributed by atoms with Crippen LogP contribution in [0.1, 0.15) is 82.1 Å². The molecule has 1 heterocycles. The Morgan fingerprint density at radius 3 is 2.37 bits per heavy atom. The van der Waals surface area contributed by atoms with Gasteiger partial charge in [0.2, 0.25) is 6.41 Å². The molecule has 7 heteroatoms. The summed E-state index contributed by atoms with van der Waals surface area (Å²) in [6.45, 7) is 12.9. The Morgan fingerprint density at radius 2 is 1.66 bits per heavy atom. The van der Waals surface area contributed by atoms with Crippen LogP contribution in [0.4, 0.5) is 0 Å². The summed E-state index contributed by atoms with van der Waals surface area (Å²) in [5, 5.41) is 12.8. The van der Waals surface area contributed by atoms with E-state index in [1.165, 1.54) is 19.3 Å². The number of hydrazone groups is 1. The largest absolute Gasteiger partial charge is 0.351 e. The van der Waals surface area contributed by atoms with Crippen molar-refractivity contribution in [2.45, 2.75) is 66.2 Å². The molecule has 0 aromatic heterocycles. The van der Waals surface area contributed by atoms with E-state index >= 15 is 0 Å². The number of carbonyl (C=O) groups is 2. The first kappa shape index (κ1) is 31.8. The quantitative estimate of drug-likeness (QED) is 0.176. The lowest BCUT2D eigenvalue weighted by atomic mass is 9.98. The van der Waals surface area contributed by atoms with Crippen LogP contribution in [0.25, 0.3) is 11.1 Å². The predicted octanol–water partition coefficient (Wildman–Crippen LogP) is 6.34. The van der Waals surface area contributed by atoms with Crippen LogP contribution < -0.4 is 10.6 Å². The molecule has 1 aliphatic rings. The van der Waals surface area contributed by atoms with Crippen molar-refractivity contribution in [1.82, 2.24) is 20.5 Å². The van der Waals surface area contributed by atoms with Crippen LogP contribution in [0.2, 0.25) is 0 Å². The van der Waals surface area contributed by atoms with Crippen LogP contribution in [0.3, 0.4) is 0 Å². The summed E-state index contributed by atoms with van der Waals surface area (Å²) >= 11 is 0. The van der Waals surface area contributed by atoms with Gasteiger partial charge in [0.15, 0.2) is 0 Å². The number of hydrogen-bond acceptors (Lipinski definition) is 5. The van der Waals surface area contributed by atoms with E-state index < -0.39 is 0 Å². The highest BCUT2D eigenvalue weighted by Gasteiger charge is 2.20. The number of benzene rings is 2. The Hall–Kier alpha value is -3.71. The third kappa shape index (κ3) is 9.42. The molecule has 0 spiro atoms. The second-order valence-corrected chi connectivity index (χ2v) is 10.4. The molecular formula is C34H47N5O2. The van der Waals surface area contributed by atoms with Crippen molar-refractivity contribution in [1.29, 1.82) is 0 Å². The molecule has 41 heavy (non-hydrogen) atoms. The van der Waals surface area contributed by atoms with Crippen LogP contribution in [0, 0.1) is 0 Å². The normalized spacial score (nSPS) is 14.2. The average Bonchev–Trinajstić information content (AvgIpc) is 3.00.